The molecule has 128 valence electrons. The molecule has 1 atom stereocenters. The maximum Gasteiger partial charge on any atom is 0.339 e. The van der Waals surface area contributed by atoms with Crippen molar-refractivity contribution in [3.05, 3.63) is 51.9 Å². The van der Waals surface area contributed by atoms with Gasteiger partial charge in [0.15, 0.2) is 11.9 Å². The zero-order chi connectivity index (χ0) is 17.7. The lowest BCUT2D eigenvalue weighted by atomic mass is 10.2. The van der Waals surface area contributed by atoms with Crippen LogP contribution in [0.5, 0.6) is 5.75 Å². The van der Waals surface area contributed by atoms with Gasteiger partial charge in [-0.15, -0.1) is 0 Å². The zero-order valence-electron chi connectivity index (χ0n) is 13.0. The minimum absolute atomic E-state index is 0.122. The molecule has 0 aliphatic carbocycles. The molecule has 1 aromatic heterocycles. The number of amides is 1. The van der Waals surface area contributed by atoms with Crippen molar-refractivity contribution in [3.63, 3.8) is 0 Å². The molecule has 0 fully saturated rings. The number of carbonyl (C=O) groups is 2. The van der Waals surface area contributed by atoms with Crippen molar-refractivity contribution < 1.29 is 23.5 Å². The summed E-state index contributed by atoms with van der Waals surface area (Å²) < 4.78 is 15.2. The first-order valence-electron chi connectivity index (χ1n) is 6.96. The normalized spacial score (nSPS) is 11.7. The van der Waals surface area contributed by atoms with Crippen molar-refractivity contribution in [1.82, 2.24) is 5.32 Å². The number of carbonyl (C=O) groups excluding carboxylic acids is 2. The standard InChI is InChI=1S/C16H15Cl2NO5/c1-9(15(20)19-8-11-4-3-5-23-11)24-16(21)10-6-12(17)14(22-2)13(18)7-10/h3-7,9H,8H2,1-2H3,(H,19,20)/t9-/m1/s1. The van der Waals surface area contributed by atoms with E-state index in [-0.39, 0.29) is 27.9 Å². The molecule has 1 amide bonds. The van der Waals surface area contributed by atoms with E-state index in [1.807, 2.05) is 0 Å². The van der Waals surface area contributed by atoms with Gasteiger partial charge >= 0.3 is 5.97 Å². The van der Waals surface area contributed by atoms with Gasteiger partial charge in [0.25, 0.3) is 5.91 Å². The lowest BCUT2D eigenvalue weighted by Crippen LogP contribution is -2.35. The summed E-state index contributed by atoms with van der Waals surface area (Å²) in [4.78, 5) is 24.1. The van der Waals surface area contributed by atoms with Crippen molar-refractivity contribution in [2.45, 2.75) is 19.6 Å². The molecular weight excluding hydrogens is 357 g/mol. The average molecular weight is 372 g/mol. The molecule has 0 saturated carbocycles. The van der Waals surface area contributed by atoms with Crippen LogP contribution in [0.3, 0.4) is 0 Å². The summed E-state index contributed by atoms with van der Waals surface area (Å²) in [5.74, 6) is -0.317. The third-order valence-electron chi connectivity index (χ3n) is 3.11. The average Bonchev–Trinajstić information content (AvgIpc) is 3.05. The lowest BCUT2D eigenvalue weighted by Gasteiger charge is -2.14. The monoisotopic (exact) mass is 371 g/mol. The van der Waals surface area contributed by atoms with Gasteiger partial charge in [0, 0.05) is 0 Å². The van der Waals surface area contributed by atoms with Crippen LogP contribution in [0.4, 0.5) is 0 Å². The molecular formula is C16H15Cl2NO5. The summed E-state index contributed by atoms with van der Waals surface area (Å²) >= 11 is 12.0. The van der Waals surface area contributed by atoms with E-state index in [9.17, 15) is 9.59 Å². The van der Waals surface area contributed by atoms with E-state index < -0.39 is 18.0 Å². The van der Waals surface area contributed by atoms with Crippen molar-refractivity contribution >= 4 is 35.1 Å². The van der Waals surface area contributed by atoms with Crippen molar-refractivity contribution in [1.29, 1.82) is 0 Å². The predicted octanol–water partition coefficient (Wildman–Crippen LogP) is 3.46. The minimum atomic E-state index is -0.993. The Kier molecular flexibility index (Phi) is 6.11. The van der Waals surface area contributed by atoms with Crippen molar-refractivity contribution in [2.75, 3.05) is 7.11 Å². The molecule has 0 aliphatic rings. The Hall–Kier alpha value is -2.18. The van der Waals surface area contributed by atoms with E-state index in [4.69, 9.17) is 37.1 Å². The van der Waals surface area contributed by atoms with Crippen LogP contribution in [0.15, 0.2) is 34.9 Å². The number of halogens is 2. The van der Waals surface area contributed by atoms with Gasteiger partial charge in [-0.2, -0.15) is 0 Å². The maximum atomic E-state index is 12.1. The highest BCUT2D eigenvalue weighted by Gasteiger charge is 2.21. The molecule has 0 bridgehead atoms. The minimum Gasteiger partial charge on any atom is -0.494 e. The van der Waals surface area contributed by atoms with Crippen LogP contribution in [-0.2, 0) is 16.1 Å². The molecule has 0 unspecified atom stereocenters. The van der Waals surface area contributed by atoms with Gasteiger partial charge in [0.1, 0.15) is 5.76 Å². The number of hydrogen-bond donors (Lipinski definition) is 1. The molecule has 2 rings (SSSR count). The number of ether oxygens (including phenoxy) is 2. The Balaban J connectivity index is 1.97. The van der Waals surface area contributed by atoms with Gasteiger partial charge in [-0.3, -0.25) is 4.79 Å². The van der Waals surface area contributed by atoms with Crippen LogP contribution < -0.4 is 10.1 Å². The van der Waals surface area contributed by atoms with Gasteiger partial charge < -0.3 is 19.2 Å². The number of furan rings is 1. The highest BCUT2D eigenvalue weighted by atomic mass is 35.5. The van der Waals surface area contributed by atoms with Crippen LogP contribution in [-0.4, -0.2) is 25.1 Å². The van der Waals surface area contributed by atoms with E-state index in [0.717, 1.165) is 0 Å². The van der Waals surface area contributed by atoms with E-state index >= 15 is 0 Å². The van der Waals surface area contributed by atoms with Gasteiger partial charge in [0.05, 0.1) is 35.5 Å². The molecule has 1 aromatic carbocycles. The summed E-state index contributed by atoms with van der Waals surface area (Å²) in [5, 5.41) is 2.95. The summed E-state index contributed by atoms with van der Waals surface area (Å²) in [6.45, 7) is 1.66. The Morgan fingerprint density at radius 1 is 1.29 bits per heavy atom. The summed E-state index contributed by atoms with van der Waals surface area (Å²) in [5.41, 5.74) is 0.122. The highest BCUT2D eigenvalue weighted by molar-refractivity contribution is 6.37. The quantitative estimate of drug-likeness (QED) is 0.786. The number of esters is 1. The van der Waals surface area contributed by atoms with Crippen LogP contribution in [0, 0.1) is 0 Å². The molecule has 1 N–H and O–H groups in total. The topological polar surface area (TPSA) is 77.8 Å². The van der Waals surface area contributed by atoms with Crippen LogP contribution >= 0.6 is 23.2 Å². The lowest BCUT2D eigenvalue weighted by molar-refractivity contribution is -0.129. The fraction of sp³-hybridized carbons (Fsp3) is 0.250. The van der Waals surface area contributed by atoms with Crippen molar-refractivity contribution in [2.24, 2.45) is 0 Å². The number of rotatable bonds is 6. The summed E-state index contributed by atoms with van der Waals surface area (Å²) in [7, 11) is 1.41. The maximum absolute atomic E-state index is 12.1. The van der Waals surface area contributed by atoms with Gasteiger partial charge in [-0.05, 0) is 31.2 Å². The van der Waals surface area contributed by atoms with E-state index in [1.165, 1.54) is 32.4 Å². The van der Waals surface area contributed by atoms with E-state index in [1.54, 1.807) is 12.1 Å². The fourth-order valence-corrected chi connectivity index (χ4v) is 2.53. The smallest absolute Gasteiger partial charge is 0.339 e. The Bertz CT molecular complexity index is 707. The molecule has 0 saturated heterocycles. The first-order valence-corrected chi connectivity index (χ1v) is 7.72. The summed E-state index contributed by atoms with van der Waals surface area (Å²) in [6.07, 6.45) is 0.509. The molecule has 2 aromatic rings. The van der Waals surface area contributed by atoms with Crippen LogP contribution in [0.2, 0.25) is 10.0 Å². The number of methoxy groups -OCH3 is 1. The van der Waals surface area contributed by atoms with Gasteiger partial charge in [0.2, 0.25) is 0 Å². The number of hydrogen-bond acceptors (Lipinski definition) is 5. The predicted molar refractivity (Wildman–Crippen MR) is 88.4 cm³/mol. The number of benzene rings is 1. The molecule has 8 heteroatoms. The highest BCUT2D eigenvalue weighted by Crippen LogP contribution is 2.34. The Labute approximate surface area is 148 Å². The molecule has 6 nitrogen and oxygen atoms in total. The Morgan fingerprint density at radius 2 is 1.96 bits per heavy atom. The second-order valence-electron chi connectivity index (χ2n) is 4.82. The second-order valence-corrected chi connectivity index (χ2v) is 5.63. The fourth-order valence-electron chi connectivity index (χ4n) is 1.89. The van der Waals surface area contributed by atoms with E-state index in [0.29, 0.717) is 5.76 Å². The third-order valence-corrected chi connectivity index (χ3v) is 3.67. The van der Waals surface area contributed by atoms with Crippen LogP contribution in [0.25, 0.3) is 0 Å². The number of nitrogens with one attached hydrogen (secondary N) is 1. The molecule has 1 heterocycles. The SMILES string of the molecule is COc1c(Cl)cc(C(=O)O[C@H](C)C(=O)NCc2ccco2)cc1Cl. The largest absolute Gasteiger partial charge is 0.494 e. The molecule has 0 spiro atoms. The molecule has 24 heavy (non-hydrogen) atoms. The van der Waals surface area contributed by atoms with E-state index in [2.05, 4.69) is 5.32 Å². The van der Waals surface area contributed by atoms with Crippen LogP contribution in [0.1, 0.15) is 23.0 Å². The third kappa shape index (κ3) is 4.43. The molecule has 0 radical (unpaired) electrons. The summed E-state index contributed by atoms with van der Waals surface area (Å²) in [6, 6.07) is 6.16. The first kappa shape index (κ1) is 18.2. The van der Waals surface area contributed by atoms with Gasteiger partial charge in [-0.1, -0.05) is 23.2 Å². The van der Waals surface area contributed by atoms with Crippen molar-refractivity contribution in [3.8, 4) is 5.75 Å². The Morgan fingerprint density at radius 3 is 2.50 bits per heavy atom. The first-order chi connectivity index (χ1) is 11.4. The molecule has 0 aliphatic heterocycles. The zero-order valence-corrected chi connectivity index (χ0v) is 14.5. The van der Waals surface area contributed by atoms with Gasteiger partial charge in [-0.25, -0.2) is 4.79 Å². The second kappa shape index (κ2) is 8.08.